The van der Waals surface area contributed by atoms with Gasteiger partial charge in [-0.2, -0.15) is 5.10 Å². The summed E-state index contributed by atoms with van der Waals surface area (Å²) in [7, 11) is 0. The Labute approximate surface area is 146 Å². The number of aromatic nitrogens is 2. The van der Waals surface area contributed by atoms with Crippen LogP contribution in [0.5, 0.6) is 0 Å². The third kappa shape index (κ3) is 3.46. The molecule has 3 rings (SSSR count). The summed E-state index contributed by atoms with van der Waals surface area (Å²) < 4.78 is 16.0. The lowest BCUT2D eigenvalue weighted by Crippen LogP contribution is -2.40. The maximum absolute atomic E-state index is 13.9. The van der Waals surface area contributed by atoms with Crippen LogP contribution in [-0.2, 0) is 6.54 Å². The summed E-state index contributed by atoms with van der Waals surface area (Å²) in [4.78, 5) is 14.2. The lowest BCUT2D eigenvalue weighted by molar-refractivity contribution is 0.0676. The van der Waals surface area contributed by atoms with Gasteiger partial charge < -0.3 is 4.90 Å². The van der Waals surface area contributed by atoms with Crippen LogP contribution in [0.1, 0.15) is 34.6 Å². The summed E-state index contributed by atoms with van der Waals surface area (Å²) in [6.07, 6.45) is 1.77. The summed E-state index contributed by atoms with van der Waals surface area (Å²) in [6.45, 7) is 6.14. The van der Waals surface area contributed by atoms with Crippen molar-refractivity contribution in [1.29, 1.82) is 0 Å². The standard InChI is InChI=1S/C18H21ClFN3O/c1-12-10-13(2)23(21-12)11-14-6-8-22(9-7-14)18(24)17-15(19)4-3-5-16(17)20/h3-5,10,14H,6-9,11H2,1-2H3. The number of carbonyl (C=O) groups excluding carboxylic acids is 1. The number of benzene rings is 1. The van der Waals surface area contributed by atoms with E-state index in [-0.39, 0.29) is 16.5 Å². The number of nitrogens with zero attached hydrogens (tertiary/aromatic N) is 3. The lowest BCUT2D eigenvalue weighted by Gasteiger charge is -2.32. The maximum atomic E-state index is 13.9. The van der Waals surface area contributed by atoms with Crippen molar-refractivity contribution in [3.63, 3.8) is 0 Å². The third-order valence-electron chi connectivity index (χ3n) is 4.61. The number of aryl methyl sites for hydroxylation is 2. The van der Waals surface area contributed by atoms with E-state index >= 15 is 0 Å². The Morgan fingerprint density at radius 2 is 2.04 bits per heavy atom. The molecule has 0 N–H and O–H groups in total. The first kappa shape index (κ1) is 17.0. The van der Waals surface area contributed by atoms with Crippen LogP contribution in [0.2, 0.25) is 5.02 Å². The van der Waals surface area contributed by atoms with Crippen LogP contribution in [0.3, 0.4) is 0 Å². The van der Waals surface area contributed by atoms with Gasteiger partial charge in [0, 0.05) is 25.3 Å². The summed E-state index contributed by atoms with van der Waals surface area (Å²) in [5.74, 6) is -0.400. The zero-order chi connectivity index (χ0) is 17.3. The van der Waals surface area contributed by atoms with E-state index in [1.807, 2.05) is 11.6 Å². The van der Waals surface area contributed by atoms with Gasteiger partial charge in [0.1, 0.15) is 5.82 Å². The molecule has 0 saturated carbocycles. The van der Waals surface area contributed by atoms with Gasteiger partial charge in [0.15, 0.2) is 0 Å². The first-order valence-corrected chi connectivity index (χ1v) is 8.58. The summed E-state index contributed by atoms with van der Waals surface area (Å²) >= 11 is 6.00. The monoisotopic (exact) mass is 349 g/mol. The zero-order valence-electron chi connectivity index (χ0n) is 13.9. The summed E-state index contributed by atoms with van der Waals surface area (Å²) in [5, 5.41) is 4.67. The molecule has 1 aliphatic rings. The second kappa shape index (κ2) is 6.93. The molecule has 2 heterocycles. The number of likely N-dealkylation sites (tertiary alicyclic amines) is 1. The number of carbonyl (C=O) groups is 1. The third-order valence-corrected chi connectivity index (χ3v) is 4.93. The van der Waals surface area contributed by atoms with Gasteiger partial charge in [-0.25, -0.2) is 4.39 Å². The fourth-order valence-corrected chi connectivity index (χ4v) is 3.53. The number of rotatable bonds is 3. The van der Waals surface area contributed by atoms with Gasteiger partial charge >= 0.3 is 0 Å². The molecule has 0 aliphatic carbocycles. The maximum Gasteiger partial charge on any atom is 0.258 e. The van der Waals surface area contributed by atoms with E-state index in [1.54, 1.807) is 11.0 Å². The van der Waals surface area contributed by atoms with E-state index in [2.05, 4.69) is 18.1 Å². The van der Waals surface area contributed by atoms with Crippen LogP contribution in [-0.4, -0.2) is 33.7 Å². The van der Waals surface area contributed by atoms with E-state index in [4.69, 9.17) is 11.6 Å². The van der Waals surface area contributed by atoms with Gasteiger partial charge in [0.25, 0.3) is 5.91 Å². The smallest absolute Gasteiger partial charge is 0.258 e. The van der Waals surface area contributed by atoms with E-state index in [9.17, 15) is 9.18 Å². The Hall–Kier alpha value is -1.88. The fraction of sp³-hybridized carbons (Fsp3) is 0.444. The molecular weight excluding hydrogens is 329 g/mol. The Morgan fingerprint density at radius 3 is 2.62 bits per heavy atom. The predicted molar refractivity (Wildman–Crippen MR) is 91.7 cm³/mol. The van der Waals surface area contributed by atoms with Crippen LogP contribution in [0.25, 0.3) is 0 Å². The van der Waals surface area contributed by atoms with E-state index in [0.29, 0.717) is 19.0 Å². The molecule has 6 heteroatoms. The summed E-state index contributed by atoms with van der Waals surface area (Å²) in [6, 6.07) is 6.40. The number of hydrogen-bond donors (Lipinski definition) is 0. The quantitative estimate of drug-likeness (QED) is 0.844. The van der Waals surface area contributed by atoms with Crippen molar-refractivity contribution in [2.75, 3.05) is 13.1 Å². The van der Waals surface area contributed by atoms with Crippen molar-refractivity contribution in [2.24, 2.45) is 5.92 Å². The average molecular weight is 350 g/mol. The Kier molecular flexibility index (Phi) is 4.90. The van der Waals surface area contributed by atoms with Crippen LogP contribution in [0, 0.1) is 25.6 Å². The molecule has 0 unspecified atom stereocenters. The molecule has 0 bridgehead atoms. The molecule has 1 saturated heterocycles. The van der Waals surface area contributed by atoms with Gasteiger partial charge in [0.05, 0.1) is 16.3 Å². The number of piperidine rings is 1. The van der Waals surface area contributed by atoms with E-state index < -0.39 is 5.82 Å². The molecule has 1 aliphatic heterocycles. The molecule has 4 nitrogen and oxygen atoms in total. The minimum Gasteiger partial charge on any atom is -0.338 e. The van der Waals surface area contributed by atoms with Crippen molar-refractivity contribution in [3.05, 3.63) is 52.1 Å². The molecule has 0 spiro atoms. The molecule has 128 valence electrons. The van der Waals surface area contributed by atoms with Gasteiger partial charge in [-0.05, 0) is 50.8 Å². The molecule has 1 aromatic heterocycles. The molecule has 0 radical (unpaired) electrons. The van der Waals surface area contributed by atoms with Gasteiger partial charge in [-0.1, -0.05) is 17.7 Å². The van der Waals surface area contributed by atoms with E-state index in [0.717, 1.165) is 30.8 Å². The first-order valence-electron chi connectivity index (χ1n) is 8.20. The molecule has 0 atom stereocenters. The van der Waals surface area contributed by atoms with E-state index in [1.165, 1.54) is 12.1 Å². The van der Waals surface area contributed by atoms with Crippen molar-refractivity contribution >= 4 is 17.5 Å². The minimum absolute atomic E-state index is 0.0174. The van der Waals surface area contributed by atoms with Crippen molar-refractivity contribution in [2.45, 2.75) is 33.2 Å². The minimum atomic E-state index is -0.558. The Bertz CT molecular complexity index is 730. The molecule has 1 aromatic carbocycles. The highest BCUT2D eigenvalue weighted by molar-refractivity contribution is 6.33. The SMILES string of the molecule is Cc1cc(C)n(CC2CCN(C(=O)c3c(F)cccc3Cl)CC2)n1. The highest BCUT2D eigenvalue weighted by Crippen LogP contribution is 2.25. The molecule has 2 aromatic rings. The van der Waals surface area contributed by atoms with Crippen LogP contribution < -0.4 is 0 Å². The van der Waals surface area contributed by atoms with Crippen LogP contribution >= 0.6 is 11.6 Å². The van der Waals surface area contributed by atoms with Gasteiger partial charge in [-0.3, -0.25) is 9.48 Å². The van der Waals surface area contributed by atoms with Crippen LogP contribution in [0.15, 0.2) is 24.3 Å². The number of amides is 1. The average Bonchev–Trinajstić information content (AvgIpc) is 2.85. The fourth-order valence-electron chi connectivity index (χ4n) is 3.28. The Morgan fingerprint density at radius 1 is 1.33 bits per heavy atom. The molecule has 24 heavy (non-hydrogen) atoms. The topological polar surface area (TPSA) is 38.1 Å². The van der Waals surface area contributed by atoms with Crippen molar-refractivity contribution in [3.8, 4) is 0 Å². The van der Waals surface area contributed by atoms with Crippen LogP contribution in [0.4, 0.5) is 4.39 Å². The molecule has 1 fully saturated rings. The molecule has 1 amide bonds. The number of halogens is 2. The second-order valence-corrected chi connectivity index (χ2v) is 6.85. The predicted octanol–water partition coefficient (Wildman–Crippen LogP) is 3.84. The van der Waals surface area contributed by atoms with Crippen molar-refractivity contribution in [1.82, 2.24) is 14.7 Å². The molecular formula is C18H21ClFN3O. The number of hydrogen-bond acceptors (Lipinski definition) is 2. The highest BCUT2D eigenvalue weighted by Gasteiger charge is 2.27. The first-order chi connectivity index (χ1) is 11.5. The second-order valence-electron chi connectivity index (χ2n) is 6.44. The van der Waals surface area contributed by atoms with Crippen molar-refractivity contribution < 1.29 is 9.18 Å². The lowest BCUT2D eigenvalue weighted by atomic mass is 9.96. The normalized spacial score (nSPS) is 15.8. The Balaban J connectivity index is 1.63. The van der Waals surface area contributed by atoms with Gasteiger partial charge in [0.2, 0.25) is 0 Å². The summed E-state index contributed by atoms with van der Waals surface area (Å²) in [5.41, 5.74) is 2.16. The largest absolute Gasteiger partial charge is 0.338 e. The zero-order valence-corrected chi connectivity index (χ0v) is 14.7. The highest BCUT2D eigenvalue weighted by atomic mass is 35.5. The van der Waals surface area contributed by atoms with Gasteiger partial charge in [-0.15, -0.1) is 0 Å².